The molecule has 1 heterocycles. The van der Waals surface area contributed by atoms with Crippen LogP contribution < -0.4 is 4.90 Å². The average molecular weight is 922 g/mol. The second kappa shape index (κ2) is 17.9. The minimum absolute atomic E-state index is 0.514. The molecule has 1 aromatic heterocycles. The van der Waals surface area contributed by atoms with Crippen LogP contribution in [-0.4, -0.2) is 0 Å². The van der Waals surface area contributed by atoms with Crippen LogP contribution in [0.15, 0.2) is 285 Å². The van der Waals surface area contributed by atoms with E-state index in [0.717, 1.165) is 17.1 Å². The van der Waals surface area contributed by atoms with Crippen LogP contribution >= 0.6 is 11.3 Å². The van der Waals surface area contributed by atoms with Gasteiger partial charge in [0.25, 0.3) is 0 Å². The van der Waals surface area contributed by atoms with Gasteiger partial charge in [-0.1, -0.05) is 249 Å². The molecule has 0 fully saturated rings. The SMILES string of the molecule is c1ccc(-c2ccc(N(c3ccc(-c4sc(-c5ccccc5)c5c4-c4ccccc4C5(c4ccccc4)c4ccccc4)cc3)c3ccc(-c4ccc(-c5ccccc5)c5ccccc45)cc3)cc2)cc1. The molecule has 0 aliphatic heterocycles. The summed E-state index contributed by atoms with van der Waals surface area (Å²) in [5.41, 5.74) is 20.3. The van der Waals surface area contributed by atoms with Crippen LogP contribution in [-0.2, 0) is 5.41 Å². The first-order valence-corrected chi connectivity index (χ1v) is 25.2. The molecular weight excluding hydrogens is 875 g/mol. The highest BCUT2D eigenvalue weighted by molar-refractivity contribution is 7.19. The third kappa shape index (κ3) is 7.23. The van der Waals surface area contributed by atoms with Gasteiger partial charge in [0.15, 0.2) is 0 Å². The number of hydrogen-bond donors (Lipinski definition) is 0. The maximum Gasteiger partial charge on any atom is 0.0728 e. The minimum Gasteiger partial charge on any atom is -0.311 e. The maximum atomic E-state index is 2.39. The fourth-order valence-electron chi connectivity index (χ4n) is 11.2. The van der Waals surface area contributed by atoms with E-state index in [4.69, 9.17) is 0 Å². The molecule has 12 aromatic rings. The summed E-state index contributed by atoms with van der Waals surface area (Å²) in [5.74, 6) is 0. The van der Waals surface area contributed by atoms with Gasteiger partial charge in [0.1, 0.15) is 0 Å². The molecular formula is C69H47NS. The van der Waals surface area contributed by atoms with Crippen molar-refractivity contribution in [2.75, 3.05) is 4.90 Å². The Hall–Kier alpha value is -8.82. The normalized spacial score (nSPS) is 12.3. The summed E-state index contributed by atoms with van der Waals surface area (Å²) in [6, 6.07) is 104. The van der Waals surface area contributed by atoms with Gasteiger partial charge in [0, 0.05) is 32.4 Å². The largest absolute Gasteiger partial charge is 0.311 e. The Bertz CT molecular complexity index is 3770. The number of anilines is 3. The van der Waals surface area contributed by atoms with E-state index in [-0.39, 0.29) is 0 Å². The van der Waals surface area contributed by atoms with E-state index < -0.39 is 5.41 Å². The molecule has 1 aliphatic rings. The van der Waals surface area contributed by atoms with Gasteiger partial charge < -0.3 is 4.90 Å². The molecule has 0 amide bonds. The summed E-state index contributed by atoms with van der Waals surface area (Å²) in [7, 11) is 0. The predicted octanol–water partition coefficient (Wildman–Crippen LogP) is 19.1. The highest BCUT2D eigenvalue weighted by atomic mass is 32.1. The fraction of sp³-hybridized carbons (Fsp3) is 0.0145. The molecule has 334 valence electrons. The van der Waals surface area contributed by atoms with Crippen molar-refractivity contribution in [3.8, 4) is 65.4 Å². The summed E-state index contributed by atoms with van der Waals surface area (Å²) in [6.07, 6.45) is 0. The van der Waals surface area contributed by atoms with Gasteiger partial charge in [-0.05, 0) is 119 Å². The number of benzene rings is 11. The number of thiophene rings is 1. The van der Waals surface area contributed by atoms with Crippen LogP contribution in [0.25, 0.3) is 76.2 Å². The van der Waals surface area contributed by atoms with Crippen LogP contribution in [0.4, 0.5) is 17.1 Å². The van der Waals surface area contributed by atoms with E-state index in [9.17, 15) is 0 Å². The highest BCUT2D eigenvalue weighted by Crippen LogP contribution is 2.64. The topological polar surface area (TPSA) is 3.24 Å². The summed E-state index contributed by atoms with van der Waals surface area (Å²) >= 11 is 1.92. The number of fused-ring (bicyclic) bond motifs is 4. The van der Waals surface area contributed by atoms with Crippen molar-refractivity contribution in [2.45, 2.75) is 5.41 Å². The van der Waals surface area contributed by atoms with Crippen molar-refractivity contribution >= 4 is 39.2 Å². The molecule has 0 saturated carbocycles. The zero-order chi connectivity index (χ0) is 47.1. The van der Waals surface area contributed by atoms with Crippen molar-refractivity contribution in [2.24, 2.45) is 0 Å². The number of hydrogen-bond acceptors (Lipinski definition) is 2. The molecule has 0 unspecified atom stereocenters. The average Bonchev–Trinajstić information content (AvgIpc) is 4.00. The van der Waals surface area contributed by atoms with Crippen molar-refractivity contribution in [3.05, 3.63) is 307 Å². The van der Waals surface area contributed by atoms with E-state index in [1.165, 1.54) is 98.4 Å². The molecule has 11 aromatic carbocycles. The monoisotopic (exact) mass is 921 g/mol. The Balaban J connectivity index is 0.950. The first kappa shape index (κ1) is 42.3. The Morgan fingerprint density at radius 1 is 0.268 bits per heavy atom. The van der Waals surface area contributed by atoms with Crippen molar-refractivity contribution in [3.63, 3.8) is 0 Å². The van der Waals surface area contributed by atoms with Gasteiger partial charge in [0.2, 0.25) is 0 Å². The fourth-order valence-corrected chi connectivity index (χ4v) is 12.6. The zero-order valence-electron chi connectivity index (χ0n) is 39.0. The highest BCUT2D eigenvalue weighted by Gasteiger charge is 2.49. The molecule has 2 heteroatoms. The van der Waals surface area contributed by atoms with E-state index in [0.29, 0.717) is 0 Å². The van der Waals surface area contributed by atoms with Crippen molar-refractivity contribution in [1.82, 2.24) is 0 Å². The standard InChI is InChI=1S/C69H47NS/c1-6-20-48(21-7-1)49-34-40-56(41-35-49)70(57-42-36-51(37-43-57)60-47-46-59(50-22-8-2-9-23-50)61-30-16-17-31-62(60)61)58-44-38-53(39-45-58)67-65-63-32-18-19-33-64(63)69(54-26-12-4-13-27-54,55-28-14-5-15-29-55)66(65)68(71-67)52-24-10-3-11-25-52/h1-47H. The van der Waals surface area contributed by atoms with E-state index >= 15 is 0 Å². The van der Waals surface area contributed by atoms with Gasteiger partial charge in [-0.3, -0.25) is 0 Å². The quantitative estimate of drug-likeness (QED) is 0.132. The molecule has 1 aliphatic carbocycles. The van der Waals surface area contributed by atoms with Gasteiger partial charge in [-0.25, -0.2) is 0 Å². The Morgan fingerprint density at radius 2 is 0.634 bits per heavy atom. The van der Waals surface area contributed by atoms with Crippen molar-refractivity contribution < 1.29 is 0 Å². The number of nitrogens with zero attached hydrogens (tertiary/aromatic N) is 1. The molecule has 13 rings (SSSR count). The van der Waals surface area contributed by atoms with Crippen LogP contribution in [0.5, 0.6) is 0 Å². The van der Waals surface area contributed by atoms with Gasteiger partial charge in [-0.2, -0.15) is 0 Å². The lowest BCUT2D eigenvalue weighted by molar-refractivity contribution is 0.773. The second-order valence-electron chi connectivity index (χ2n) is 18.3. The molecule has 0 atom stereocenters. The van der Waals surface area contributed by atoms with Gasteiger partial charge >= 0.3 is 0 Å². The molecule has 0 bridgehead atoms. The van der Waals surface area contributed by atoms with Crippen LogP contribution in [0, 0.1) is 0 Å². The third-order valence-electron chi connectivity index (χ3n) is 14.4. The lowest BCUT2D eigenvalue weighted by atomic mass is 9.67. The van der Waals surface area contributed by atoms with E-state index in [2.05, 4.69) is 290 Å². The lowest BCUT2D eigenvalue weighted by Gasteiger charge is -2.34. The van der Waals surface area contributed by atoms with E-state index in [1.54, 1.807) is 0 Å². The summed E-state index contributed by atoms with van der Waals surface area (Å²) in [4.78, 5) is 4.96. The Kier molecular flexibility index (Phi) is 10.7. The predicted molar refractivity (Wildman–Crippen MR) is 301 cm³/mol. The van der Waals surface area contributed by atoms with E-state index in [1.807, 2.05) is 11.3 Å². The molecule has 71 heavy (non-hydrogen) atoms. The van der Waals surface area contributed by atoms with Crippen molar-refractivity contribution in [1.29, 1.82) is 0 Å². The summed E-state index contributed by atoms with van der Waals surface area (Å²) in [6.45, 7) is 0. The zero-order valence-corrected chi connectivity index (χ0v) is 39.8. The van der Waals surface area contributed by atoms with Gasteiger partial charge in [-0.15, -0.1) is 11.3 Å². The Morgan fingerprint density at radius 3 is 1.15 bits per heavy atom. The Labute approximate surface area is 419 Å². The number of rotatable bonds is 10. The summed E-state index contributed by atoms with van der Waals surface area (Å²) in [5, 5.41) is 2.50. The minimum atomic E-state index is -0.514. The molecule has 0 saturated heterocycles. The maximum absolute atomic E-state index is 2.39. The van der Waals surface area contributed by atoms with Crippen LogP contribution in [0.3, 0.4) is 0 Å². The molecule has 0 radical (unpaired) electrons. The first-order chi connectivity index (χ1) is 35.2. The van der Waals surface area contributed by atoms with Crippen LogP contribution in [0.2, 0.25) is 0 Å². The third-order valence-corrected chi connectivity index (χ3v) is 15.7. The molecule has 0 spiro atoms. The second-order valence-corrected chi connectivity index (χ2v) is 19.3. The molecule has 1 nitrogen and oxygen atoms in total. The molecule has 0 N–H and O–H groups in total. The first-order valence-electron chi connectivity index (χ1n) is 24.4. The summed E-state index contributed by atoms with van der Waals surface area (Å²) < 4.78 is 0. The smallest absolute Gasteiger partial charge is 0.0728 e. The van der Waals surface area contributed by atoms with Gasteiger partial charge in [0.05, 0.1) is 5.41 Å². The lowest BCUT2D eigenvalue weighted by Crippen LogP contribution is -2.28. The van der Waals surface area contributed by atoms with Crippen LogP contribution in [0.1, 0.15) is 22.3 Å².